The van der Waals surface area contributed by atoms with Crippen LogP contribution in [-0.4, -0.2) is 63.3 Å². The Bertz CT molecular complexity index is 633. The quantitative estimate of drug-likeness (QED) is 0.406. The highest BCUT2D eigenvalue weighted by Crippen LogP contribution is 2.18. The molecule has 0 atom stereocenters. The molecule has 0 amide bonds. The van der Waals surface area contributed by atoms with E-state index in [0.29, 0.717) is 12.5 Å². The first-order chi connectivity index (χ1) is 11.3. The minimum atomic E-state index is 0. The highest BCUT2D eigenvalue weighted by atomic mass is 127. The number of aryl methyl sites for hydroxylation is 1. The molecule has 2 aromatic heterocycles. The number of guanidine groups is 1. The van der Waals surface area contributed by atoms with Crippen LogP contribution in [-0.2, 0) is 13.0 Å². The second-order valence-corrected chi connectivity index (χ2v) is 6.20. The van der Waals surface area contributed by atoms with Crippen LogP contribution in [0.2, 0.25) is 0 Å². The van der Waals surface area contributed by atoms with Crippen molar-refractivity contribution < 1.29 is 0 Å². The van der Waals surface area contributed by atoms with Gasteiger partial charge < -0.3 is 20.1 Å². The molecular weight excluding hydrogens is 439 g/mol. The van der Waals surface area contributed by atoms with E-state index in [1.165, 1.54) is 0 Å². The number of piperazine rings is 1. The van der Waals surface area contributed by atoms with Crippen LogP contribution in [0.25, 0.3) is 0 Å². The molecule has 0 spiro atoms. The fourth-order valence-electron chi connectivity index (χ4n) is 2.61. The summed E-state index contributed by atoms with van der Waals surface area (Å²) in [5, 5.41) is 11.1. The molecule has 0 unspecified atom stereocenters. The molecule has 8 nitrogen and oxygen atoms in total. The van der Waals surface area contributed by atoms with Crippen LogP contribution in [0.1, 0.15) is 12.7 Å². The van der Waals surface area contributed by atoms with Gasteiger partial charge in [-0.2, -0.15) is 0 Å². The fraction of sp³-hybridized carbons (Fsp3) is 0.571. The van der Waals surface area contributed by atoms with Gasteiger partial charge in [0.05, 0.1) is 6.54 Å². The number of thiazole rings is 1. The second kappa shape index (κ2) is 9.16. The van der Waals surface area contributed by atoms with Crippen molar-refractivity contribution >= 4 is 46.4 Å². The predicted octanol–water partition coefficient (Wildman–Crippen LogP) is 1.05. The third kappa shape index (κ3) is 4.56. The Labute approximate surface area is 162 Å². The molecule has 2 aromatic rings. The zero-order valence-electron chi connectivity index (χ0n) is 13.7. The number of nitrogens with two attached hydrogens (primary N) is 1. The maximum absolute atomic E-state index is 6.13. The Balaban J connectivity index is 0.00000208. The van der Waals surface area contributed by atoms with E-state index in [-0.39, 0.29) is 24.0 Å². The van der Waals surface area contributed by atoms with Crippen molar-refractivity contribution in [2.24, 2.45) is 10.7 Å². The molecule has 24 heavy (non-hydrogen) atoms. The summed E-state index contributed by atoms with van der Waals surface area (Å²) in [6, 6.07) is 0. The Morgan fingerprint density at radius 3 is 2.79 bits per heavy atom. The Hall–Kier alpha value is -1.43. The van der Waals surface area contributed by atoms with Crippen molar-refractivity contribution in [2.45, 2.75) is 19.9 Å². The number of rotatable bonds is 5. The lowest BCUT2D eigenvalue weighted by Crippen LogP contribution is -2.51. The van der Waals surface area contributed by atoms with Crippen LogP contribution < -0.4 is 10.6 Å². The summed E-state index contributed by atoms with van der Waals surface area (Å²) in [6.45, 7) is 7.08. The van der Waals surface area contributed by atoms with E-state index in [9.17, 15) is 0 Å². The van der Waals surface area contributed by atoms with Gasteiger partial charge in [-0.15, -0.1) is 45.5 Å². The molecule has 132 valence electrons. The lowest BCUT2D eigenvalue weighted by molar-refractivity contribution is 0.380. The zero-order valence-corrected chi connectivity index (χ0v) is 16.9. The van der Waals surface area contributed by atoms with E-state index >= 15 is 0 Å². The van der Waals surface area contributed by atoms with Crippen LogP contribution >= 0.6 is 35.3 Å². The Kier molecular flexibility index (Phi) is 7.21. The van der Waals surface area contributed by atoms with E-state index in [1.54, 1.807) is 17.7 Å². The lowest BCUT2D eigenvalue weighted by atomic mass is 10.3. The van der Waals surface area contributed by atoms with Gasteiger partial charge in [-0.3, -0.25) is 4.99 Å². The molecule has 2 N–H and O–H groups in total. The van der Waals surface area contributed by atoms with Gasteiger partial charge in [0.25, 0.3) is 0 Å². The summed E-state index contributed by atoms with van der Waals surface area (Å²) in [7, 11) is 0. The van der Waals surface area contributed by atoms with Gasteiger partial charge >= 0.3 is 0 Å². The molecule has 3 heterocycles. The first-order valence-corrected chi connectivity index (χ1v) is 8.72. The zero-order chi connectivity index (χ0) is 16.1. The Morgan fingerprint density at radius 1 is 1.33 bits per heavy atom. The average Bonchev–Trinajstić information content (AvgIpc) is 3.26. The van der Waals surface area contributed by atoms with Crippen molar-refractivity contribution in [3.05, 3.63) is 23.7 Å². The van der Waals surface area contributed by atoms with E-state index in [0.717, 1.165) is 50.1 Å². The third-order valence-electron chi connectivity index (χ3n) is 3.92. The molecule has 0 saturated carbocycles. The largest absolute Gasteiger partial charge is 0.370 e. The van der Waals surface area contributed by atoms with Crippen LogP contribution in [0, 0.1) is 0 Å². The lowest BCUT2D eigenvalue weighted by Gasteiger charge is -2.35. The molecule has 1 fully saturated rings. The molecule has 10 heteroatoms. The van der Waals surface area contributed by atoms with Gasteiger partial charge in [-0.25, -0.2) is 4.98 Å². The highest BCUT2D eigenvalue weighted by molar-refractivity contribution is 14.0. The summed E-state index contributed by atoms with van der Waals surface area (Å²) < 4.78 is 2.02. The van der Waals surface area contributed by atoms with Gasteiger partial charge in [0, 0.05) is 50.7 Å². The molecule has 3 rings (SSSR count). The monoisotopic (exact) mass is 462 g/mol. The smallest absolute Gasteiger partial charge is 0.191 e. The van der Waals surface area contributed by atoms with E-state index in [1.807, 2.05) is 16.1 Å². The van der Waals surface area contributed by atoms with Gasteiger partial charge in [0.15, 0.2) is 11.1 Å². The van der Waals surface area contributed by atoms with Crippen LogP contribution in [0.3, 0.4) is 0 Å². The van der Waals surface area contributed by atoms with Crippen LogP contribution in [0.15, 0.2) is 22.9 Å². The number of anilines is 1. The molecular formula is C14H23IN8S. The topological polar surface area (TPSA) is 88.5 Å². The SMILES string of the molecule is CCc1nncn1CCN=C(N)N1CCN(c2nccs2)CC1.I. The number of aliphatic imine (C=N–C) groups is 1. The van der Waals surface area contributed by atoms with Gasteiger partial charge in [0.2, 0.25) is 0 Å². The maximum Gasteiger partial charge on any atom is 0.191 e. The normalized spacial score (nSPS) is 15.5. The summed E-state index contributed by atoms with van der Waals surface area (Å²) >= 11 is 1.68. The molecule has 0 radical (unpaired) electrons. The third-order valence-corrected chi connectivity index (χ3v) is 4.75. The molecule has 1 aliphatic heterocycles. The average molecular weight is 462 g/mol. The van der Waals surface area contributed by atoms with Crippen molar-refractivity contribution in [1.29, 1.82) is 0 Å². The van der Waals surface area contributed by atoms with Crippen molar-refractivity contribution in [3.63, 3.8) is 0 Å². The highest BCUT2D eigenvalue weighted by Gasteiger charge is 2.19. The van der Waals surface area contributed by atoms with E-state index < -0.39 is 0 Å². The summed E-state index contributed by atoms with van der Waals surface area (Å²) in [5.41, 5.74) is 6.13. The predicted molar refractivity (Wildman–Crippen MR) is 107 cm³/mol. The number of nitrogens with zero attached hydrogens (tertiary/aromatic N) is 7. The van der Waals surface area contributed by atoms with Crippen molar-refractivity contribution in [2.75, 3.05) is 37.6 Å². The fourth-order valence-corrected chi connectivity index (χ4v) is 3.31. The van der Waals surface area contributed by atoms with Gasteiger partial charge in [-0.05, 0) is 0 Å². The number of halogens is 1. The molecule has 0 bridgehead atoms. The molecule has 1 saturated heterocycles. The van der Waals surface area contributed by atoms with Crippen molar-refractivity contribution in [3.8, 4) is 0 Å². The number of hydrogen-bond donors (Lipinski definition) is 1. The summed E-state index contributed by atoms with van der Waals surface area (Å²) in [5.74, 6) is 1.60. The van der Waals surface area contributed by atoms with Crippen LogP contribution in [0.4, 0.5) is 5.13 Å². The second-order valence-electron chi connectivity index (χ2n) is 5.32. The minimum absolute atomic E-state index is 0. The summed E-state index contributed by atoms with van der Waals surface area (Å²) in [6.07, 6.45) is 4.47. The number of hydrogen-bond acceptors (Lipinski definition) is 6. The van der Waals surface area contributed by atoms with Crippen LogP contribution in [0.5, 0.6) is 0 Å². The number of aromatic nitrogens is 4. The molecule has 0 aromatic carbocycles. The maximum atomic E-state index is 6.13. The van der Waals surface area contributed by atoms with Crippen molar-refractivity contribution in [1.82, 2.24) is 24.6 Å². The standard InChI is InChI=1S/C14H22N8S.HI/c1-2-12-19-18-11-22(12)5-3-16-13(15)20-6-8-21(9-7-20)14-17-4-10-23-14;/h4,10-11H,2-3,5-9H2,1H3,(H2,15,16);1H. The van der Waals surface area contributed by atoms with E-state index in [2.05, 4.69) is 36.9 Å². The first-order valence-electron chi connectivity index (χ1n) is 7.84. The summed E-state index contributed by atoms with van der Waals surface area (Å²) in [4.78, 5) is 13.3. The molecule has 0 aliphatic carbocycles. The molecule has 1 aliphatic rings. The minimum Gasteiger partial charge on any atom is -0.370 e. The Morgan fingerprint density at radius 2 is 2.12 bits per heavy atom. The van der Waals surface area contributed by atoms with Gasteiger partial charge in [-0.1, -0.05) is 6.92 Å². The van der Waals surface area contributed by atoms with Gasteiger partial charge in [0.1, 0.15) is 12.2 Å². The van der Waals surface area contributed by atoms with E-state index in [4.69, 9.17) is 5.73 Å². The first kappa shape index (κ1) is 18.9.